The van der Waals surface area contributed by atoms with Gasteiger partial charge in [0.15, 0.2) is 0 Å². The molecule has 1 heterocycles. The lowest BCUT2D eigenvalue weighted by atomic mass is 10.1. The summed E-state index contributed by atoms with van der Waals surface area (Å²) >= 11 is 1.62. The number of nitrogens with zero attached hydrogens (tertiary/aromatic N) is 1. The standard InChI is InChI=1S/C22H24N2O3S/c1-27-22(26)19(11-13-28-2)23-21(25)18-9-8-17-10-12-24(20(17)14-18)15-16-6-4-3-5-7-16/h3-10,12,14,19H,11,13,15H2,1-2H3,(H,23,25)/t19-/m1/s1. The van der Waals surface area contributed by atoms with Crippen LogP contribution >= 0.6 is 11.8 Å². The summed E-state index contributed by atoms with van der Waals surface area (Å²) in [4.78, 5) is 24.7. The van der Waals surface area contributed by atoms with Crippen molar-refractivity contribution in [2.75, 3.05) is 19.1 Å². The zero-order valence-electron chi connectivity index (χ0n) is 16.1. The molecular formula is C22H24N2O3S. The average molecular weight is 397 g/mol. The Kier molecular flexibility index (Phi) is 6.76. The zero-order valence-corrected chi connectivity index (χ0v) is 16.9. The molecule has 1 aromatic heterocycles. The van der Waals surface area contributed by atoms with Gasteiger partial charge in [-0.05, 0) is 47.6 Å². The third-order valence-corrected chi connectivity index (χ3v) is 5.28. The molecule has 1 amide bonds. The second-order valence-corrected chi connectivity index (χ2v) is 7.52. The van der Waals surface area contributed by atoms with Gasteiger partial charge in [0, 0.05) is 23.8 Å². The van der Waals surface area contributed by atoms with Crippen molar-refractivity contribution in [1.82, 2.24) is 9.88 Å². The molecule has 0 aliphatic heterocycles. The minimum absolute atomic E-state index is 0.272. The van der Waals surface area contributed by atoms with Crippen LogP contribution in [-0.4, -0.2) is 41.6 Å². The highest BCUT2D eigenvalue weighted by molar-refractivity contribution is 7.98. The number of fused-ring (bicyclic) bond motifs is 1. The summed E-state index contributed by atoms with van der Waals surface area (Å²) in [6.07, 6.45) is 4.52. The first-order valence-corrected chi connectivity index (χ1v) is 10.5. The summed E-state index contributed by atoms with van der Waals surface area (Å²) in [6.45, 7) is 0.730. The van der Waals surface area contributed by atoms with Crippen molar-refractivity contribution in [1.29, 1.82) is 0 Å². The Morgan fingerprint density at radius 2 is 1.93 bits per heavy atom. The van der Waals surface area contributed by atoms with Crippen molar-refractivity contribution >= 4 is 34.5 Å². The van der Waals surface area contributed by atoms with Gasteiger partial charge in [-0.25, -0.2) is 4.79 Å². The third-order valence-electron chi connectivity index (χ3n) is 4.63. The van der Waals surface area contributed by atoms with Crippen molar-refractivity contribution < 1.29 is 14.3 Å². The number of rotatable bonds is 8. The number of ether oxygens (including phenoxy) is 1. The lowest BCUT2D eigenvalue weighted by Gasteiger charge is -2.16. The molecule has 5 nitrogen and oxygen atoms in total. The van der Waals surface area contributed by atoms with E-state index in [0.717, 1.165) is 23.2 Å². The van der Waals surface area contributed by atoms with E-state index in [-0.39, 0.29) is 5.91 Å². The summed E-state index contributed by atoms with van der Waals surface area (Å²) < 4.78 is 6.94. The summed E-state index contributed by atoms with van der Waals surface area (Å²) in [7, 11) is 1.34. The van der Waals surface area contributed by atoms with E-state index < -0.39 is 12.0 Å². The van der Waals surface area contributed by atoms with E-state index in [4.69, 9.17) is 4.74 Å². The Balaban J connectivity index is 1.81. The molecule has 0 bridgehead atoms. The van der Waals surface area contributed by atoms with E-state index in [1.807, 2.05) is 48.9 Å². The van der Waals surface area contributed by atoms with Gasteiger partial charge in [-0.1, -0.05) is 36.4 Å². The monoisotopic (exact) mass is 396 g/mol. The predicted molar refractivity (Wildman–Crippen MR) is 114 cm³/mol. The highest BCUT2D eigenvalue weighted by Crippen LogP contribution is 2.19. The van der Waals surface area contributed by atoms with E-state index in [0.29, 0.717) is 12.0 Å². The lowest BCUT2D eigenvalue weighted by Crippen LogP contribution is -2.41. The molecule has 0 saturated heterocycles. The Morgan fingerprint density at radius 1 is 1.14 bits per heavy atom. The molecule has 0 aliphatic carbocycles. The zero-order chi connectivity index (χ0) is 19.9. The van der Waals surface area contributed by atoms with Gasteiger partial charge >= 0.3 is 5.97 Å². The van der Waals surface area contributed by atoms with E-state index in [9.17, 15) is 9.59 Å². The minimum atomic E-state index is -0.642. The fourth-order valence-electron chi connectivity index (χ4n) is 3.11. The first kappa shape index (κ1) is 20.0. The molecule has 0 radical (unpaired) electrons. The number of nitrogens with one attached hydrogen (secondary N) is 1. The van der Waals surface area contributed by atoms with Crippen LogP contribution < -0.4 is 5.32 Å². The second kappa shape index (κ2) is 9.46. The van der Waals surface area contributed by atoms with Crippen LogP contribution in [0.4, 0.5) is 0 Å². The van der Waals surface area contributed by atoms with Crippen LogP contribution in [0.15, 0.2) is 60.8 Å². The third kappa shape index (κ3) is 4.75. The van der Waals surface area contributed by atoms with Crippen LogP contribution in [0.5, 0.6) is 0 Å². The average Bonchev–Trinajstić information content (AvgIpc) is 3.13. The number of amides is 1. The summed E-state index contributed by atoms with van der Waals surface area (Å²) in [6, 6.07) is 17.2. The molecule has 28 heavy (non-hydrogen) atoms. The highest BCUT2D eigenvalue weighted by atomic mass is 32.2. The van der Waals surface area contributed by atoms with Gasteiger partial charge in [-0.15, -0.1) is 0 Å². The number of benzene rings is 2. The van der Waals surface area contributed by atoms with Gasteiger partial charge < -0.3 is 14.6 Å². The minimum Gasteiger partial charge on any atom is -0.467 e. The molecule has 146 valence electrons. The number of esters is 1. The number of hydrogen-bond donors (Lipinski definition) is 1. The van der Waals surface area contributed by atoms with Crippen molar-refractivity contribution in [3.8, 4) is 0 Å². The topological polar surface area (TPSA) is 60.3 Å². The Hall–Kier alpha value is -2.73. The Morgan fingerprint density at radius 3 is 2.64 bits per heavy atom. The Bertz CT molecular complexity index is 953. The first-order chi connectivity index (χ1) is 13.6. The van der Waals surface area contributed by atoms with E-state index >= 15 is 0 Å². The van der Waals surface area contributed by atoms with Crippen LogP contribution in [0.3, 0.4) is 0 Å². The molecule has 0 unspecified atom stereocenters. The predicted octanol–water partition coefficient (Wildman–Crippen LogP) is 3.71. The summed E-state index contributed by atoms with van der Waals surface area (Å²) in [5.74, 6) is 0.0701. The molecule has 0 saturated carbocycles. The normalized spacial score (nSPS) is 11.9. The smallest absolute Gasteiger partial charge is 0.328 e. The molecule has 3 rings (SSSR count). The first-order valence-electron chi connectivity index (χ1n) is 9.13. The van der Waals surface area contributed by atoms with Gasteiger partial charge in [0.2, 0.25) is 0 Å². The van der Waals surface area contributed by atoms with Gasteiger partial charge in [-0.3, -0.25) is 4.79 Å². The Labute approximate surface area is 169 Å². The SMILES string of the molecule is COC(=O)[C@@H](CCSC)NC(=O)c1ccc2ccn(Cc3ccccc3)c2c1. The van der Waals surface area contributed by atoms with Gasteiger partial charge in [0.25, 0.3) is 5.91 Å². The number of carbonyl (C=O) groups is 2. The maximum absolute atomic E-state index is 12.7. The number of thioether (sulfide) groups is 1. The number of hydrogen-bond acceptors (Lipinski definition) is 4. The molecule has 1 N–H and O–H groups in total. The van der Waals surface area contributed by atoms with Crippen LogP contribution in [0.25, 0.3) is 10.9 Å². The van der Waals surface area contributed by atoms with Crippen molar-refractivity contribution in [3.05, 3.63) is 71.9 Å². The second-order valence-electron chi connectivity index (χ2n) is 6.53. The number of aromatic nitrogens is 1. The molecule has 1 atom stereocenters. The molecule has 3 aromatic rings. The van der Waals surface area contributed by atoms with E-state index in [2.05, 4.69) is 22.0 Å². The van der Waals surface area contributed by atoms with Gasteiger partial charge in [0.1, 0.15) is 6.04 Å². The van der Waals surface area contributed by atoms with Crippen molar-refractivity contribution in [2.45, 2.75) is 19.0 Å². The van der Waals surface area contributed by atoms with Crippen LogP contribution in [-0.2, 0) is 16.1 Å². The van der Waals surface area contributed by atoms with Crippen LogP contribution in [0.2, 0.25) is 0 Å². The fraction of sp³-hybridized carbons (Fsp3) is 0.273. The molecule has 6 heteroatoms. The fourth-order valence-corrected chi connectivity index (χ4v) is 3.58. The molecule has 0 aliphatic rings. The molecule has 0 fully saturated rings. The summed E-state index contributed by atoms with van der Waals surface area (Å²) in [5, 5.41) is 3.88. The number of carbonyl (C=O) groups excluding carboxylic acids is 2. The molecule has 0 spiro atoms. The number of methoxy groups -OCH3 is 1. The van der Waals surface area contributed by atoms with Crippen LogP contribution in [0, 0.1) is 0 Å². The largest absolute Gasteiger partial charge is 0.467 e. The maximum Gasteiger partial charge on any atom is 0.328 e. The van der Waals surface area contributed by atoms with Crippen LogP contribution in [0.1, 0.15) is 22.3 Å². The van der Waals surface area contributed by atoms with Crippen molar-refractivity contribution in [3.63, 3.8) is 0 Å². The van der Waals surface area contributed by atoms with Crippen molar-refractivity contribution in [2.24, 2.45) is 0 Å². The van der Waals surface area contributed by atoms with E-state index in [1.54, 1.807) is 17.8 Å². The van der Waals surface area contributed by atoms with E-state index in [1.165, 1.54) is 12.7 Å². The molecular weight excluding hydrogens is 372 g/mol. The highest BCUT2D eigenvalue weighted by Gasteiger charge is 2.22. The lowest BCUT2D eigenvalue weighted by molar-refractivity contribution is -0.142. The quantitative estimate of drug-likeness (QED) is 0.590. The summed E-state index contributed by atoms with van der Waals surface area (Å²) in [5.41, 5.74) is 2.70. The maximum atomic E-state index is 12.7. The molecule has 2 aromatic carbocycles. The van der Waals surface area contributed by atoms with Gasteiger partial charge in [-0.2, -0.15) is 11.8 Å². The van der Waals surface area contributed by atoms with Gasteiger partial charge in [0.05, 0.1) is 7.11 Å².